The number of carbonyl (C=O) groups excluding carboxylic acids is 1. The van der Waals surface area contributed by atoms with Crippen LogP contribution in [0.5, 0.6) is 0 Å². The first-order chi connectivity index (χ1) is 13.6. The van der Waals surface area contributed by atoms with Crippen LogP contribution in [0, 0.1) is 13.8 Å². The van der Waals surface area contributed by atoms with Crippen molar-refractivity contribution >= 4 is 44.9 Å². The standard InChI is InChI=1S/C22H27N3O2S2/c1-12-13(2)29-21-18(12)20(27)24-17(25-21)11-28-14(3)19(26)23-16-9-7-15(8-10-16)22(4,5)6/h7-10,14H,11H2,1-6H3,(H,23,26)(H,24,25,27). The van der Waals surface area contributed by atoms with Gasteiger partial charge in [-0.25, -0.2) is 4.98 Å². The van der Waals surface area contributed by atoms with Gasteiger partial charge in [0.1, 0.15) is 10.7 Å². The second-order valence-electron chi connectivity index (χ2n) is 8.25. The second-order valence-corrected chi connectivity index (χ2v) is 10.8. The monoisotopic (exact) mass is 429 g/mol. The Morgan fingerprint density at radius 3 is 2.52 bits per heavy atom. The van der Waals surface area contributed by atoms with E-state index in [0.29, 0.717) is 17.0 Å². The summed E-state index contributed by atoms with van der Waals surface area (Å²) in [6, 6.07) is 7.96. The number of fused-ring (bicyclic) bond motifs is 1. The highest BCUT2D eigenvalue weighted by atomic mass is 32.2. The first-order valence-electron chi connectivity index (χ1n) is 9.58. The van der Waals surface area contributed by atoms with E-state index < -0.39 is 0 Å². The fourth-order valence-electron chi connectivity index (χ4n) is 2.94. The lowest BCUT2D eigenvalue weighted by Crippen LogP contribution is -2.23. The van der Waals surface area contributed by atoms with Crippen LogP contribution >= 0.6 is 23.1 Å². The highest BCUT2D eigenvalue weighted by Crippen LogP contribution is 2.27. The van der Waals surface area contributed by atoms with Crippen molar-refractivity contribution in [3.8, 4) is 0 Å². The molecule has 0 aliphatic heterocycles. The molecule has 0 saturated carbocycles. The van der Waals surface area contributed by atoms with Crippen LogP contribution in [0.4, 0.5) is 5.69 Å². The Labute approximate surface area is 179 Å². The van der Waals surface area contributed by atoms with Gasteiger partial charge in [0.2, 0.25) is 5.91 Å². The van der Waals surface area contributed by atoms with E-state index in [0.717, 1.165) is 21.0 Å². The predicted molar refractivity (Wildman–Crippen MR) is 124 cm³/mol. The minimum Gasteiger partial charge on any atom is -0.325 e. The lowest BCUT2D eigenvalue weighted by molar-refractivity contribution is -0.115. The molecule has 0 aliphatic rings. The van der Waals surface area contributed by atoms with Crippen LogP contribution < -0.4 is 10.9 Å². The maximum Gasteiger partial charge on any atom is 0.259 e. The molecule has 1 amide bonds. The molecule has 29 heavy (non-hydrogen) atoms. The number of nitrogens with zero attached hydrogens (tertiary/aromatic N) is 1. The number of amides is 1. The molecule has 1 aromatic carbocycles. The van der Waals surface area contributed by atoms with Crippen LogP contribution in [0.15, 0.2) is 29.1 Å². The molecular weight excluding hydrogens is 402 g/mol. The van der Waals surface area contributed by atoms with E-state index in [1.54, 1.807) is 0 Å². The molecule has 0 spiro atoms. The number of H-pyrrole nitrogens is 1. The number of carbonyl (C=O) groups is 1. The van der Waals surface area contributed by atoms with Gasteiger partial charge in [0, 0.05) is 10.6 Å². The third kappa shape index (κ3) is 4.90. The highest BCUT2D eigenvalue weighted by Gasteiger charge is 2.17. The largest absolute Gasteiger partial charge is 0.325 e. The minimum absolute atomic E-state index is 0.0650. The van der Waals surface area contributed by atoms with Crippen molar-refractivity contribution in [3.05, 3.63) is 56.4 Å². The highest BCUT2D eigenvalue weighted by molar-refractivity contribution is 7.99. The first kappa shape index (κ1) is 21.6. The molecule has 0 bridgehead atoms. The molecule has 154 valence electrons. The van der Waals surface area contributed by atoms with Crippen LogP contribution in [0.3, 0.4) is 0 Å². The van der Waals surface area contributed by atoms with Crippen molar-refractivity contribution in [2.75, 3.05) is 5.32 Å². The zero-order chi connectivity index (χ0) is 21.3. The molecule has 3 aromatic rings. The third-order valence-electron chi connectivity index (χ3n) is 4.95. The summed E-state index contributed by atoms with van der Waals surface area (Å²) >= 11 is 2.98. The van der Waals surface area contributed by atoms with Crippen molar-refractivity contribution in [2.24, 2.45) is 0 Å². The molecular formula is C22H27N3O2S2. The molecule has 3 rings (SSSR count). The Kier molecular flexibility index (Phi) is 6.19. The third-order valence-corrected chi connectivity index (χ3v) is 7.20. The average molecular weight is 430 g/mol. The quantitative estimate of drug-likeness (QED) is 0.587. The van der Waals surface area contributed by atoms with Crippen LogP contribution in [0.25, 0.3) is 10.2 Å². The minimum atomic E-state index is -0.273. The van der Waals surface area contributed by atoms with Gasteiger partial charge in [-0.1, -0.05) is 32.9 Å². The van der Waals surface area contributed by atoms with Crippen LogP contribution in [-0.4, -0.2) is 21.1 Å². The summed E-state index contributed by atoms with van der Waals surface area (Å²) in [5.41, 5.74) is 2.97. The van der Waals surface area contributed by atoms with Crippen molar-refractivity contribution in [3.63, 3.8) is 0 Å². The first-order valence-corrected chi connectivity index (χ1v) is 11.4. The number of rotatable bonds is 5. The number of aryl methyl sites for hydroxylation is 2. The number of hydrogen-bond donors (Lipinski definition) is 2. The predicted octanol–water partition coefficient (Wildman–Crippen LogP) is 5.16. The van der Waals surface area contributed by atoms with Gasteiger partial charge in [0.05, 0.1) is 16.4 Å². The number of thiophene rings is 1. The number of anilines is 1. The molecule has 2 N–H and O–H groups in total. The Bertz CT molecular complexity index is 1090. The molecule has 1 unspecified atom stereocenters. The zero-order valence-corrected chi connectivity index (χ0v) is 19.3. The lowest BCUT2D eigenvalue weighted by atomic mass is 9.87. The van der Waals surface area contributed by atoms with Crippen LogP contribution in [-0.2, 0) is 16.0 Å². The van der Waals surface area contributed by atoms with Crippen molar-refractivity contribution < 1.29 is 4.79 Å². The molecule has 2 aromatic heterocycles. The Balaban J connectivity index is 1.63. The topological polar surface area (TPSA) is 74.8 Å². The summed E-state index contributed by atoms with van der Waals surface area (Å²) in [7, 11) is 0. The second kappa shape index (κ2) is 8.32. The number of hydrogen-bond acceptors (Lipinski definition) is 5. The van der Waals surface area contributed by atoms with Gasteiger partial charge in [0.25, 0.3) is 5.56 Å². The van der Waals surface area contributed by atoms with Gasteiger partial charge in [0.15, 0.2) is 0 Å². The summed E-state index contributed by atoms with van der Waals surface area (Å²) in [4.78, 5) is 34.2. The molecule has 0 saturated heterocycles. The Morgan fingerprint density at radius 1 is 1.24 bits per heavy atom. The molecule has 5 nitrogen and oxygen atoms in total. The smallest absolute Gasteiger partial charge is 0.259 e. The van der Waals surface area contributed by atoms with Gasteiger partial charge in [-0.3, -0.25) is 9.59 Å². The number of benzene rings is 1. The number of thioether (sulfide) groups is 1. The summed E-state index contributed by atoms with van der Waals surface area (Å²) in [5.74, 6) is 1.01. The molecule has 0 aliphatic carbocycles. The normalized spacial score (nSPS) is 12.9. The van der Waals surface area contributed by atoms with Gasteiger partial charge in [-0.2, -0.15) is 0 Å². The van der Waals surface area contributed by atoms with E-state index >= 15 is 0 Å². The Morgan fingerprint density at radius 2 is 1.90 bits per heavy atom. The number of nitrogens with one attached hydrogen (secondary N) is 2. The lowest BCUT2D eigenvalue weighted by Gasteiger charge is -2.19. The van der Waals surface area contributed by atoms with Gasteiger partial charge in [-0.05, 0) is 49.4 Å². The molecule has 2 heterocycles. The van der Waals surface area contributed by atoms with Crippen LogP contribution in [0.2, 0.25) is 0 Å². The maximum absolute atomic E-state index is 12.5. The van der Waals surface area contributed by atoms with E-state index in [2.05, 4.69) is 36.1 Å². The molecule has 1 atom stereocenters. The van der Waals surface area contributed by atoms with E-state index in [1.165, 1.54) is 28.7 Å². The summed E-state index contributed by atoms with van der Waals surface area (Å²) in [6.45, 7) is 12.3. The van der Waals surface area contributed by atoms with Crippen LogP contribution in [0.1, 0.15) is 49.5 Å². The van der Waals surface area contributed by atoms with Crippen molar-refractivity contribution in [1.82, 2.24) is 9.97 Å². The van der Waals surface area contributed by atoms with Crippen molar-refractivity contribution in [1.29, 1.82) is 0 Å². The van der Waals surface area contributed by atoms with E-state index in [4.69, 9.17) is 0 Å². The summed E-state index contributed by atoms with van der Waals surface area (Å²) in [6.07, 6.45) is 0. The molecule has 7 heteroatoms. The number of aromatic amines is 1. The van der Waals surface area contributed by atoms with E-state index in [9.17, 15) is 9.59 Å². The zero-order valence-electron chi connectivity index (χ0n) is 17.7. The fourth-order valence-corrected chi connectivity index (χ4v) is 4.75. The molecule has 0 fully saturated rings. The Hall–Kier alpha value is -2.12. The van der Waals surface area contributed by atoms with Gasteiger partial charge < -0.3 is 10.3 Å². The average Bonchev–Trinajstić information content (AvgIpc) is 2.93. The summed E-state index contributed by atoms with van der Waals surface area (Å²) in [5, 5.41) is 3.36. The fraction of sp³-hybridized carbons (Fsp3) is 0.409. The number of aromatic nitrogens is 2. The molecule has 0 radical (unpaired) electrons. The van der Waals surface area contributed by atoms with Crippen molar-refractivity contribution in [2.45, 2.75) is 58.0 Å². The van der Waals surface area contributed by atoms with Gasteiger partial charge >= 0.3 is 0 Å². The van der Waals surface area contributed by atoms with E-state index in [-0.39, 0.29) is 22.1 Å². The van der Waals surface area contributed by atoms with Gasteiger partial charge in [-0.15, -0.1) is 23.1 Å². The van der Waals surface area contributed by atoms with E-state index in [1.807, 2.05) is 45.0 Å². The maximum atomic E-state index is 12.5. The summed E-state index contributed by atoms with van der Waals surface area (Å²) < 4.78 is 0. The SMILES string of the molecule is Cc1sc2nc(CSC(C)C(=O)Nc3ccc(C(C)(C)C)cc3)[nH]c(=O)c2c1C.